The molecule has 1 aromatic heterocycles. The Morgan fingerprint density at radius 2 is 2.00 bits per heavy atom. The second kappa shape index (κ2) is 5.97. The summed E-state index contributed by atoms with van der Waals surface area (Å²) in [7, 11) is 0. The molecule has 0 atom stereocenters. The second-order valence-electron chi connectivity index (χ2n) is 4.69. The van der Waals surface area contributed by atoms with Crippen LogP contribution in [0.1, 0.15) is 11.1 Å². The molecule has 1 N–H and O–H groups in total. The minimum atomic E-state index is 0.910. The number of rotatable bonds is 4. The van der Waals surface area contributed by atoms with Gasteiger partial charge in [-0.15, -0.1) is 0 Å². The first-order valence-electron chi connectivity index (χ1n) is 6.62. The zero-order valence-electron chi connectivity index (χ0n) is 11.3. The first-order chi connectivity index (χ1) is 9.81. The van der Waals surface area contributed by atoms with E-state index in [4.69, 9.17) is 0 Å². The quantitative estimate of drug-likeness (QED) is 0.703. The van der Waals surface area contributed by atoms with Crippen LogP contribution in [0.2, 0.25) is 0 Å². The summed E-state index contributed by atoms with van der Waals surface area (Å²) in [6.45, 7) is 2.09. The van der Waals surface area contributed by atoms with Crippen LogP contribution in [0.25, 0.3) is 17.1 Å². The smallest absolute Gasteiger partial charge is 0.166 e. The van der Waals surface area contributed by atoms with E-state index in [1.54, 1.807) is 11.8 Å². The van der Waals surface area contributed by atoms with Crippen LogP contribution in [0.4, 0.5) is 0 Å². The molecule has 0 bridgehead atoms. The van der Waals surface area contributed by atoms with Gasteiger partial charge in [-0.25, -0.2) is 4.98 Å². The number of thioether (sulfide) groups is 1. The number of aromatic amines is 1. The number of hydrogen-bond acceptors (Lipinski definition) is 2. The maximum atomic E-state index is 4.57. The van der Waals surface area contributed by atoms with Gasteiger partial charge in [0.25, 0.3) is 0 Å². The van der Waals surface area contributed by atoms with Crippen molar-refractivity contribution in [3.05, 3.63) is 65.7 Å². The van der Waals surface area contributed by atoms with Gasteiger partial charge in [0.2, 0.25) is 0 Å². The van der Waals surface area contributed by atoms with E-state index in [0.717, 1.165) is 21.9 Å². The lowest BCUT2D eigenvalue weighted by molar-refractivity contribution is 1.08. The molecular weight excluding hydrogens is 264 g/mol. The first kappa shape index (κ1) is 13.0. The molecule has 3 aromatic rings. The Morgan fingerprint density at radius 1 is 1.15 bits per heavy atom. The Kier molecular flexibility index (Phi) is 3.88. The van der Waals surface area contributed by atoms with E-state index in [9.17, 15) is 0 Å². The molecule has 0 amide bonds. The van der Waals surface area contributed by atoms with Crippen LogP contribution in [-0.4, -0.2) is 15.7 Å². The van der Waals surface area contributed by atoms with E-state index < -0.39 is 0 Å². The second-order valence-corrected chi connectivity index (χ2v) is 5.70. The van der Waals surface area contributed by atoms with Crippen molar-refractivity contribution in [2.24, 2.45) is 0 Å². The highest BCUT2D eigenvalue weighted by atomic mass is 32.2. The summed E-state index contributed by atoms with van der Waals surface area (Å²) in [5, 5.41) is 0.975. The molecule has 0 saturated carbocycles. The molecule has 0 unspecified atom stereocenters. The number of nitrogens with one attached hydrogen (secondary N) is 1. The summed E-state index contributed by atoms with van der Waals surface area (Å²) in [6.07, 6.45) is 4.30. The van der Waals surface area contributed by atoms with E-state index in [0.29, 0.717) is 0 Å². The van der Waals surface area contributed by atoms with Crippen molar-refractivity contribution in [1.29, 1.82) is 0 Å². The average molecular weight is 280 g/mol. The largest absolute Gasteiger partial charge is 0.333 e. The maximum Gasteiger partial charge on any atom is 0.166 e. The van der Waals surface area contributed by atoms with Crippen molar-refractivity contribution < 1.29 is 0 Å². The lowest BCUT2D eigenvalue weighted by atomic mass is 10.2. The molecule has 0 saturated heterocycles. The SMILES string of the molecule is Cc1ccc2nc(SC/C=C/c3ccccc3)[nH]c2c1. The monoisotopic (exact) mass is 280 g/mol. The van der Waals surface area contributed by atoms with Gasteiger partial charge in [-0.1, -0.05) is 60.3 Å². The number of hydrogen-bond donors (Lipinski definition) is 1. The van der Waals surface area contributed by atoms with E-state index in [1.807, 2.05) is 18.2 Å². The van der Waals surface area contributed by atoms with Crippen molar-refractivity contribution in [3.8, 4) is 0 Å². The Hall–Kier alpha value is -2.00. The van der Waals surface area contributed by atoms with Gasteiger partial charge >= 0.3 is 0 Å². The Labute approximate surface area is 122 Å². The van der Waals surface area contributed by atoms with E-state index >= 15 is 0 Å². The van der Waals surface area contributed by atoms with Crippen LogP contribution < -0.4 is 0 Å². The lowest BCUT2D eigenvalue weighted by Crippen LogP contribution is -1.76. The summed E-state index contributed by atoms with van der Waals surface area (Å²) >= 11 is 1.72. The number of benzene rings is 2. The van der Waals surface area contributed by atoms with Gasteiger partial charge in [0.15, 0.2) is 5.16 Å². The zero-order valence-corrected chi connectivity index (χ0v) is 12.2. The summed E-state index contributed by atoms with van der Waals surface area (Å²) in [5.74, 6) is 0.910. The number of aryl methyl sites for hydroxylation is 1. The molecule has 20 heavy (non-hydrogen) atoms. The molecule has 3 rings (SSSR count). The summed E-state index contributed by atoms with van der Waals surface area (Å²) < 4.78 is 0. The molecule has 0 aliphatic heterocycles. The molecular formula is C17H16N2S. The van der Waals surface area contributed by atoms with Crippen LogP contribution >= 0.6 is 11.8 Å². The summed E-state index contributed by atoms with van der Waals surface area (Å²) in [5.41, 5.74) is 4.62. The topological polar surface area (TPSA) is 28.7 Å². The Balaban J connectivity index is 1.64. The molecule has 3 heteroatoms. The molecule has 1 heterocycles. The highest BCUT2D eigenvalue weighted by Crippen LogP contribution is 2.20. The predicted octanol–water partition coefficient (Wildman–Crippen LogP) is 4.68. The van der Waals surface area contributed by atoms with Crippen LogP contribution in [0.3, 0.4) is 0 Å². The van der Waals surface area contributed by atoms with E-state index in [2.05, 4.69) is 59.4 Å². The highest BCUT2D eigenvalue weighted by Gasteiger charge is 2.02. The van der Waals surface area contributed by atoms with E-state index in [1.165, 1.54) is 11.1 Å². The van der Waals surface area contributed by atoms with Gasteiger partial charge in [0, 0.05) is 5.75 Å². The van der Waals surface area contributed by atoms with Gasteiger partial charge in [-0.2, -0.15) is 0 Å². The Bertz CT molecular complexity index is 729. The fourth-order valence-electron chi connectivity index (χ4n) is 2.04. The highest BCUT2D eigenvalue weighted by molar-refractivity contribution is 7.99. The molecule has 2 nitrogen and oxygen atoms in total. The molecule has 2 aromatic carbocycles. The van der Waals surface area contributed by atoms with Crippen LogP contribution in [0.5, 0.6) is 0 Å². The number of nitrogens with zero attached hydrogens (tertiary/aromatic N) is 1. The number of aromatic nitrogens is 2. The summed E-state index contributed by atoms with van der Waals surface area (Å²) in [4.78, 5) is 7.92. The Morgan fingerprint density at radius 3 is 2.85 bits per heavy atom. The minimum absolute atomic E-state index is 0.910. The third-order valence-electron chi connectivity index (χ3n) is 3.04. The number of fused-ring (bicyclic) bond motifs is 1. The molecule has 0 spiro atoms. The minimum Gasteiger partial charge on any atom is -0.333 e. The van der Waals surface area contributed by atoms with E-state index in [-0.39, 0.29) is 0 Å². The normalized spacial score (nSPS) is 11.4. The first-order valence-corrected chi connectivity index (χ1v) is 7.60. The molecule has 0 aliphatic rings. The van der Waals surface area contributed by atoms with Crippen molar-refractivity contribution in [1.82, 2.24) is 9.97 Å². The zero-order chi connectivity index (χ0) is 13.8. The van der Waals surface area contributed by atoms with Gasteiger partial charge in [0.05, 0.1) is 11.0 Å². The maximum absolute atomic E-state index is 4.57. The van der Waals surface area contributed by atoms with Crippen molar-refractivity contribution in [2.75, 3.05) is 5.75 Å². The third kappa shape index (κ3) is 3.11. The number of H-pyrrole nitrogens is 1. The lowest BCUT2D eigenvalue weighted by Gasteiger charge is -1.92. The van der Waals surface area contributed by atoms with Gasteiger partial charge < -0.3 is 4.98 Å². The fourth-order valence-corrected chi connectivity index (χ4v) is 2.74. The van der Waals surface area contributed by atoms with Crippen molar-refractivity contribution in [3.63, 3.8) is 0 Å². The standard InChI is InChI=1S/C17H16N2S/c1-13-9-10-15-16(12-13)19-17(18-15)20-11-5-8-14-6-3-2-4-7-14/h2-10,12H,11H2,1H3,(H,18,19)/b8-5+. The number of imidazole rings is 1. The molecule has 0 radical (unpaired) electrons. The molecule has 0 aliphatic carbocycles. The van der Waals surface area contributed by atoms with Crippen molar-refractivity contribution in [2.45, 2.75) is 12.1 Å². The fraction of sp³-hybridized carbons (Fsp3) is 0.118. The van der Waals surface area contributed by atoms with Crippen molar-refractivity contribution >= 4 is 28.9 Å². The average Bonchev–Trinajstić information content (AvgIpc) is 2.86. The molecule has 0 fully saturated rings. The van der Waals surface area contributed by atoms with Crippen LogP contribution in [0, 0.1) is 6.92 Å². The van der Waals surface area contributed by atoms with Crippen LogP contribution in [-0.2, 0) is 0 Å². The predicted molar refractivity (Wildman–Crippen MR) is 87.0 cm³/mol. The van der Waals surface area contributed by atoms with Crippen LogP contribution in [0.15, 0.2) is 59.8 Å². The molecule has 100 valence electrons. The van der Waals surface area contributed by atoms with Gasteiger partial charge in [0.1, 0.15) is 0 Å². The summed E-state index contributed by atoms with van der Waals surface area (Å²) in [6, 6.07) is 16.6. The van der Waals surface area contributed by atoms with Gasteiger partial charge in [-0.05, 0) is 30.2 Å². The van der Waals surface area contributed by atoms with Gasteiger partial charge in [-0.3, -0.25) is 0 Å². The third-order valence-corrected chi connectivity index (χ3v) is 3.87.